The van der Waals surface area contributed by atoms with Crippen LogP contribution in [-0.2, 0) is 0 Å². The maximum atomic E-state index is 14.9. The molecule has 2 aliphatic rings. The highest BCUT2D eigenvalue weighted by atomic mass is 19.1. The van der Waals surface area contributed by atoms with Gasteiger partial charge in [-0.2, -0.15) is 10.5 Å². The number of aromatic hydroxyl groups is 1. The molecule has 4 nitrogen and oxygen atoms in total. The van der Waals surface area contributed by atoms with Crippen molar-refractivity contribution in [3.63, 3.8) is 0 Å². The van der Waals surface area contributed by atoms with Gasteiger partial charge in [-0.25, -0.2) is 8.78 Å². The van der Waals surface area contributed by atoms with E-state index in [1.807, 2.05) is 12.1 Å². The molecule has 146 valence electrons. The van der Waals surface area contributed by atoms with Gasteiger partial charge in [0.25, 0.3) is 0 Å². The molecular weight excluding hydrogens is 396 g/mol. The van der Waals surface area contributed by atoms with Crippen LogP contribution in [0.1, 0.15) is 22.3 Å². The van der Waals surface area contributed by atoms with Crippen LogP contribution >= 0.6 is 0 Å². The van der Waals surface area contributed by atoms with Crippen molar-refractivity contribution < 1.29 is 13.9 Å². The Bertz CT molecular complexity index is 1420. The summed E-state index contributed by atoms with van der Waals surface area (Å²) in [5.74, 6) is -1.38. The van der Waals surface area contributed by atoms with E-state index in [-0.39, 0.29) is 28.0 Å². The number of allylic oxidation sites excluding steroid dienone is 5. The van der Waals surface area contributed by atoms with E-state index < -0.39 is 11.6 Å². The van der Waals surface area contributed by atoms with Crippen molar-refractivity contribution in [1.82, 2.24) is 4.98 Å². The lowest BCUT2D eigenvalue weighted by Crippen LogP contribution is -1.92. The minimum absolute atomic E-state index is 0.0116. The number of halogens is 2. The maximum Gasteiger partial charge on any atom is 0.131 e. The average Bonchev–Trinajstić information content (AvgIpc) is 3.26. The molecule has 3 aromatic rings. The fourth-order valence-corrected chi connectivity index (χ4v) is 4.38. The molecule has 0 saturated heterocycles. The van der Waals surface area contributed by atoms with Crippen molar-refractivity contribution in [1.29, 1.82) is 10.5 Å². The van der Waals surface area contributed by atoms with E-state index in [9.17, 15) is 24.4 Å². The van der Waals surface area contributed by atoms with Gasteiger partial charge < -0.3 is 5.11 Å². The lowest BCUT2D eigenvalue weighted by Gasteiger charge is -2.11. The number of pyridine rings is 1. The maximum absolute atomic E-state index is 14.9. The molecule has 0 fully saturated rings. The average molecular weight is 407 g/mol. The van der Waals surface area contributed by atoms with Gasteiger partial charge in [-0.15, -0.1) is 0 Å². The van der Waals surface area contributed by atoms with Crippen molar-refractivity contribution >= 4 is 16.7 Å². The fourth-order valence-electron chi connectivity index (χ4n) is 4.38. The predicted octanol–water partition coefficient (Wildman–Crippen LogP) is 5.38. The topological polar surface area (TPSA) is 80.7 Å². The molecule has 0 bridgehead atoms. The van der Waals surface area contributed by atoms with E-state index >= 15 is 0 Å². The van der Waals surface area contributed by atoms with Gasteiger partial charge in [0.05, 0.1) is 23.4 Å². The predicted molar refractivity (Wildman–Crippen MR) is 111 cm³/mol. The van der Waals surface area contributed by atoms with E-state index in [0.29, 0.717) is 33.5 Å². The molecule has 5 rings (SSSR count). The Morgan fingerprint density at radius 2 is 1.39 bits per heavy atom. The minimum atomic E-state index is -0.696. The first kappa shape index (κ1) is 18.5. The molecule has 0 unspecified atom stereocenters. The van der Waals surface area contributed by atoms with Gasteiger partial charge in [-0.05, 0) is 29.8 Å². The molecule has 1 aromatic heterocycles. The van der Waals surface area contributed by atoms with E-state index in [1.165, 1.54) is 6.07 Å². The van der Waals surface area contributed by atoms with Crippen LogP contribution in [0.2, 0.25) is 0 Å². The Balaban J connectivity index is 2.01. The Kier molecular flexibility index (Phi) is 4.03. The van der Waals surface area contributed by atoms with Gasteiger partial charge in [-0.1, -0.05) is 18.2 Å². The van der Waals surface area contributed by atoms with Gasteiger partial charge in [0.2, 0.25) is 0 Å². The summed E-state index contributed by atoms with van der Waals surface area (Å²) < 4.78 is 29.7. The molecule has 2 aromatic carbocycles. The van der Waals surface area contributed by atoms with E-state index in [2.05, 4.69) is 4.98 Å². The quantitative estimate of drug-likeness (QED) is 0.397. The van der Waals surface area contributed by atoms with Crippen molar-refractivity contribution in [3.05, 3.63) is 100 Å². The third kappa shape index (κ3) is 2.46. The van der Waals surface area contributed by atoms with Crippen LogP contribution < -0.4 is 0 Å². The van der Waals surface area contributed by atoms with Crippen LogP contribution in [0.3, 0.4) is 0 Å². The van der Waals surface area contributed by atoms with E-state index in [4.69, 9.17) is 0 Å². The molecule has 0 atom stereocenters. The molecule has 0 amide bonds. The molecule has 0 aliphatic heterocycles. The largest absolute Gasteiger partial charge is 0.507 e. The smallest absolute Gasteiger partial charge is 0.131 e. The SMILES string of the molecule is N#C/C=C1/C(=C2c3cccnc3-c3c(O)cccc32)/C(=C/C#N)c2c(F)ccc(F)c21. The molecular formula is C25H11F2N3O. The molecule has 1 heterocycles. The molecule has 1 N–H and O–H groups in total. The molecule has 0 spiro atoms. The van der Waals surface area contributed by atoms with Crippen LogP contribution in [-0.4, -0.2) is 10.1 Å². The van der Waals surface area contributed by atoms with Crippen LogP contribution in [0.25, 0.3) is 28.0 Å². The first-order valence-electron chi connectivity index (χ1n) is 9.30. The second-order valence-corrected chi connectivity index (χ2v) is 7.00. The summed E-state index contributed by atoms with van der Waals surface area (Å²) in [7, 11) is 0. The lowest BCUT2D eigenvalue weighted by atomic mass is 9.91. The Morgan fingerprint density at radius 1 is 0.774 bits per heavy atom. The third-order valence-electron chi connectivity index (χ3n) is 5.47. The molecule has 0 saturated carbocycles. The normalized spacial score (nSPS) is 16.1. The number of phenolic OH excluding ortho intramolecular Hbond substituents is 1. The highest BCUT2D eigenvalue weighted by molar-refractivity contribution is 6.19. The van der Waals surface area contributed by atoms with Gasteiger partial charge in [0, 0.05) is 57.3 Å². The highest BCUT2D eigenvalue weighted by Gasteiger charge is 2.38. The Labute approximate surface area is 176 Å². The number of hydrogen-bond acceptors (Lipinski definition) is 4. The number of phenols is 1. The summed E-state index contributed by atoms with van der Waals surface area (Å²) >= 11 is 0. The standard InChI is InChI=1S/C25H11F2N3O/c26-17-6-7-18(27)23-15(9-11-29)20(14(8-10-28)22(17)23)21-13-3-1-5-19(31)24(13)25-16(21)4-2-12-30-25/h1-9,12,31H/b14-8-,15-9-. The number of rotatable bonds is 0. The van der Waals surface area contributed by atoms with E-state index in [0.717, 1.165) is 24.3 Å². The second kappa shape index (κ2) is 6.76. The summed E-state index contributed by atoms with van der Waals surface area (Å²) in [5, 5.41) is 29.4. The first-order valence-corrected chi connectivity index (χ1v) is 9.30. The summed E-state index contributed by atoms with van der Waals surface area (Å²) in [6, 6.07) is 14.3. The number of benzene rings is 2. The summed E-state index contributed by atoms with van der Waals surface area (Å²) in [6.45, 7) is 0. The highest BCUT2D eigenvalue weighted by Crippen LogP contribution is 2.56. The molecule has 6 heteroatoms. The second-order valence-electron chi connectivity index (χ2n) is 7.00. The summed E-state index contributed by atoms with van der Waals surface area (Å²) in [4.78, 5) is 4.40. The van der Waals surface area contributed by atoms with Crippen LogP contribution in [0.15, 0.2) is 66.4 Å². The van der Waals surface area contributed by atoms with E-state index in [1.54, 1.807) is 30.5 Å². The number of hydrogen-bond donors (Lipinski definition) is 1. The van der Waals surface area contributed by atoms with Gasteiger partial charge >= 0.3 is 0 Å². The molecule has 31 heavy (non-hydrogen) atoms. The van der Waals surface area contributed by atoms with Gasteiger partial charge in [0.1, 0.15) is 17.4 Å². The molecule has 0 radical (unpaired) electrons. The van der Waals surface area contributed by atoms with Gasteiger partial charge in [0.15, 0.2) is 0 Å². The fraction of sp³-hybridized carbons (Fsp3) is 0. The van der Waals surface area contributed by atoms with Crippen molar-refractivity contribution in [3.8, 4) is 29.1 Å². The van der Waals surface area contributed by atoms with Crippen molar-refractivity contribution in [2.45, 2.75) is 0 Å². The lowest BCUT2D eigenvalue weighted by molar-refractivity contribution is 0.477. The van der Waals surface area contributed by atoms with Crippen molar-refractivity contribution in [2.75, 3.05) is 0 Å². The zero-order chi connectivity index (χ0) is 21.7. The molecule has 2 aliphatic carbocycles. The Hall–Kier alpha value is -4.55. The van der Waals surface area contributed by atoms with Gasteiger partial charge in [-0.3, -0.25) is 4.98 Å². The third-order valence-corrected chi connectivity index (χ3v) is 5.47. The number of nitrogens with zero attached hydrogens (tertiary/aromatic N) is 3. The van der Waals surface area contributed by atoms with Crippen LogP contribution in [0.4, 0.5) is 8.78 Å². The van der Waals surface area contributed by atoms with Crippen LogP contribution in [0.5, 0.6) is 5.75 Å². The number of fused-ring (bicyclic) bond motifs is 4. The minimum Gasteiger partial charge on any atom is -0.507 e. The van der Waals surface area contributed by atoms with Crippen LogP contribution in [0, 0.1) is 34.3 Å². The number of aromatic nitrogens is 1. The van der Waals surface area contributed by atoms with Crippen molar-refractivity contribution in [2.24, 2.45) is 0 Å². The zero-order valence-electron chi connectivity index (χ0n) is 15.8. The Morgan fingerprint density at radius 3 is 2.00 bits per heavy atom. The first-order chi connectivity index (χ1) is 15.1. The number of nitriles is 2. The summed E-state index contributed by atoms with van der Waals surface area (Å²) in [5.41, 5.74) is 3.36. The zero-order valence-corrected chi connectivity index (χ0v) is 15.8. The monoisotopic (exact) mass is 407 g/mol. The summed E-state index contributed by atoms with van der Waals surface area (Å²) in [6.07, 6.45) is 3.89.